The van der Waals surface area contributed by atoms with E-state index in [0.717, 1.165) is 40.3 Å². The van der Waals surface area contributed by atoms with Crippen LogP contribution in [0.4, 0.5) is 10.8 Å². The molecule has 1 unspecified atom stereocenters. The number of fused-ring (bicyclic) bond motifs is 2. The molecule has 2 aromatic carbocycles. The summed E-state index contributed by atoms with van der Waals surface area (Å²) in [6.45, 7) is 0. The van der Waals surface area contributed by atoms with Gasteiger partial charge >= 0.3 is 0 Å². The molecule has 3 aromatic rings. The van der Waals surface area contributed by atoms with Crippen LogP contribution in [0.25, 0.3) is 10.2 Å². The summed E-state index contributed by atoms with van der Waals surface area (Å²) in [7, 11) is 0. The van der Waals surface area contributed by atoms with Crippen molar-refractivity contribution >= 4 is 32.4 Å². The Labute approximate surface area is 127 Å². The quantitative estimate of drug-likeness (QED) is 0.706. The van der Waals surface area contributed by atoms with E-state index in [1.807, 2.05) is 18.2 Å². The van der Waals surface area contributed by atoms with Crippen LogP contribution < -0.4 is 11.1 Å². The molecule has 0 saturated heterocycles. The van der Waals surface area contributed by atoms with Crippen LogP contribution in [0.1, 0.15) is 17.5 Å². The summed E-state index contributed by atoms with van der Waals surface area (Å²) >= 11 is 1.68. The van der Waals surface area contributed by atoms with Crippen LogP contribution in [0.15, 0.2) is 42.5 Å². The fourth-order valence-corrected chi connectivity index (χ4v) is 3.99. The first-order chi connectivity index (χ1) is 10.3. The van der Waals surface area contributed by atoms with Crippen LogP contribution >= 0.6 is 11.3 Å². The normalized spacial score (nSPS) is 17.6. The topological polar surface area (TPSA) is 50.9 Å². The van der Waals surface area contributed by atoms with Crippen LogP contribution in [0.2, 0.25) is 0 Å². The number of benzene rings is 2. The van der Waals surface area contributed by atoms with Crippen molar-refractivity contribution in [3.8, 4) is 0 Å². The summed E-state index contributed by atoms with van der Waals surface area (Å²) in [6, 6.07) is 15.1. The second-order valence-electron chi connectivity index (χ2n) is 5.60. The van der Waals surface area contributed by atoms with E-state index in [-0.39, 0.29) is 0 Å². The van der Waals surface area contributed by atoms with Gasteiger partial charge in [-0.05, 0) is 48.6 Å². The number of nitrogens with zero attached hydrogens (tertiary/aromatic N) is 1. The zero-order chi connectivity index (χ0) is 14.2. The van der Waals surface area contributed by atoms with Gasteiger partial charge in [0.15, 0.2) is 5.13 Å². The Hall–Kier alpha value is -2.07. The maximum atomic E-state index is 5.83. The summed E-state index contributed by atoms with van der Waals surface area (Å²) in [4.78, 5) is 4.66. The summed E-state index contributed by atoms with van der Waals surface area (Å²) in [5, 5.41) is 4.60. The van der Waals surface area contributed by atoms with Crippen molar-refractivity contribution in [3.63, 3.8) is 0 Å². The van der Waals surface area contributed by atoms with Crippen LogP contribution in [-0.4, -0.2) is 11.0 Å². The number of aromatic nitrogens is 1. The molecule has 0 fully saturated rings. The molecule has 3 nitrogen and oxygen atoms in total. The smallest absolute Gasteiger partial charge is 0.184 e. The van der Waals surface area contributed by atoms with Crippen LogP contribution in [0.3, 0.4) is 0 Å². The van der Waals surface area contributed by atoms with E-state index in [9.17, 15) is 0 Å². The number of rotatable bonds is 2. The largest absolute Gasteiger partial charge is 0.399 e. The number of nitrogen functional groups attached to an aromatic ring is 1. The molecule has 0 saturated carbocycles. The maximum absolute atomic E-state index is 5.83. The van der Waals surface area contributed by atoms with Gasteiger partial charge in [-0.25, -0.2) is 4.98 Å². The van der Waals surface area contributed by atoms with Crippen molar-refractivity contribution in [2.75, 3.05) is 11.1 Å². The van der Waals surface area contributed by atoms with Gasteiger partial charge in [-0.1, -0.05) is 35.6 Å². The van der Waals surface area contributed by atoms with E-state index in [2.05, 4.69) is 34.6 Å². The molecule has 1 aliphatic rings. The average Bonchev–Trinajstić information content (AvgIpc) is 2.88. The van der Waals surface area contributed by atoms with E-state index in [1.54, 1.807) is 11.3 Å². The van der Waals surface area contributed by atoms with Crippen LogP contribution in [-0.2, 0) is 12.8 Å². The van der Waals surface area contributed by atoms with Crippen LogP contribution in [0, 0.1) is 0 Å². The van der Waals surface area contributed by atoms with Gasteiger partial charge in [0.05, 0.1) is 10.2 Å². The van der Waals surface area contributed by atoms with Gasteiger partial charge in [0.2, 0.25) is 0 Å². The lowest BCUT2D eigenvalue weighted by Crippen LogP contribution is -2.27. The fourth-order valence-electron chi connectivity index (χ4n) is 3.00. The number of anilines is 2. The number of nitrogens with two attached hydrogens (primary N) is 1. The van der Waals surface area contributed by atoms with Gasteiger partial charge in [0, 0.05) is 11.7 Å². The highest BCUT2D eigenvalue weighted by molar-refractivity contribution is 7.22. The Morgan fingerprint density at radius 1 is 1.14 bits per heavy atom. The molecule has 1 aromatic heterocycles. The second-order valence-corrected chi connectivity index (χ2v) is 6.63. The third kappa shape index (κ3) is 2.47. The number of hydrogen-bond acceptors (Lipinski definition) is 4. The molecule has 1 atom stereocenters. The van der Waals surface area contributed by atoms with Crippen LogP contribution in [0.5, 0.6) is 0 Å². The van der Waals surface area contributed by atoms with Crippen molar-refractivity contribution in [1.29, 1.82) is 0 Å². The van der Waals surface area contributed by atoms with Crippen molar-refractivity contribution in [2.24, 2.45) is 0 Å². The second kappa shape index (κ2) is 5.04. The lowest BCUT2D eigenvalue weighted by molar-refractivity contribution is 0.610. The third-order valence-electron chi connectivity index (χ3n) is 4.09. The van der Waals surface area contributed by atoms with Crippen molar-refractivity contribution in [2.45, 2.75) is 25.3 Å². The Morgan fingerprint density at radius 2 is 2.00 bits per heavy atom. The minimum atomic E-state index is 0.470. The van der Waals surface area contributed by atoms with Gasteiger partial charge in [-0.15, -0.1) is 0 Å². The zero-order valence-electron chi connectivity index (χ0n) is 11.7. The van der Waals surface area contributed by atoms with Gasteiger partial charge < -0.3 is 11.1 Å². The van der Waals surface area contributed by atoms with E-state index in [1.165, 1.54) is 11.1 Å². The molecule has 21 heavy (non-hydrogen) atoms. The highest BCUT2D eigenvalue weighted by atomic mass is 32.1. The molecule has 0 spiro atoms. The Kier molecular flexibility index (Phi) is 3.04. The third-order valence-corrected chi connectivity index (χ3v) is 5.04. The summed E-state index contributed by atoms with van der Waals surface area (Å²) in [5.74, 6) is 0. The van der Waals surface area contributed by atoms with Crippen molar-refractivity contribution in [3.05, 3.63) is 53.6 Å². The molecular weight excluding hydrogens is 278 g/mol. The number of nitrogens with one attached hydrogen (secondary N) is 1. The van der Waals surface area contributed by atoms with E-state index in [0.29, 0.717) is 6.04 Å². The Bertz CT molecular complexity index is 794. The SMILES string of the molecule is Nc1ccc2nc(NC3CCc4ccccc4C3)sc2c1. The predicted octanol–water partition coefficient (Wildman–Crippen LogP) is 3.85. The predicted molar refractivity (Wildman–Crippen MR) is 89.9 cm³/mol. The Balaban J connectivity index is 1.55. The monoisotopic (exact) mass is 295 g/mol. The van der Waals surface area contributed by atoms with Gasteiger partial charge in [0.1, 0.15) is 0 Å². The number of hydrogen-bond donors (Lipinski definition) is 2. The standard InChI is InChI=1S/C17H17N3S/c18-13-6-8-15-16(10-13)21-17(20-15)19-14-7-5-11-3-1-2-4-12(11)9-14/h1-4,6,8,10,14H,5,7,9,18H2,(H,19,20). The molecule has 0 radical (unpaired) electrons. The fraction of sp³-hybridized carbons (Fsp3) is 0.235. The first-order valence-electron chi connectivity index (χ1n) is 7.27. The van der Waals surface area contributed by atoms with Gasteiger partial charge in [-0.3, -0.25) is 0 Å². The average molecular weight is 295 g/mol. The summed E-state index contributed by atoms with van der Waals surface area (Å²) < 4.78 is 1.15. The number of thiazole rings is 1. The highest BCUT2D eigenvalue weighted by Gasteiger charge is 2.19. The van der Waals surface area contributed by atoms with Crippen molar-refractivity contribution in [1.82, 2.24) is 4.98 Å². The molecule has 1 aliphatic carbocycles. The summed E-state index contributed by atoms with van der Waals surface area (Å²) in [5.41, 5.74) is 10.6. The lowest BCUT2D eigenvalue weighted by Gasteiger charge is -2.25. The van der Waals surface area contributed by atoms with Crippen molar-refractivity contribution < 1.29 is 0 Å². The molecule has 4 heteroatoms. The molecule has 106 valence electrons. The molecule has 3 N–H and O–H groups in total. The minimum Gasteiger partial charge on any atom is -0.399 e. The first kappa shape index (κ1) is 12.7. The van der Waals surface area contributed by atoms with E-state index >= 15 is 0 Å². The molecule has 0 aliphatic heterocycles. The summed E-state index contributed by atoms with van der Waals surface area (Å²) in [6.07, 6.45) is 3.38. The molecule has 0 amide bonds. The number of aryl methyl sites for hydroxylation is 1. The molecule has 4 rings (SSSR count). The lowest BCUT2D eigenvalue weighted by atomic mass is 9.88. The molecule has 1 heterocycles. The van der Waals surface area contributed by atoms with Gasteiger partial charge in [0.25, 0.3) is 0 Å². The van der Waals surface area contributed by atoms with E-state index in [4.69, 9.17) is 5.73 Å². The Morgan fingerprint density at radius 3 is 2.90 bits per heavy atom. The minimum absolute atomic E-state index is 0.470. The van der Waals surface area contributed by atoms with E-state index < -0.39 is 0 Å². The maximum Gasteiger partial charge on any atom is 0.184 e. The first-order valence-corrected chi connectivity index (χ1v) is 8.09. The molecule has 0 bridgehead atoms. The highest BCUT2D eigenvalue weighted by Crippen LogP contribution is 2.30. The zero-order valence-corrected chi connectivity index (χ0v) is 12.5. The molecular formula is C17H17N3S. The van der Waals surface area contributed by atoms with Gasteiger partial charge in [-0.2, -0.15) is 0 Å².